The highest BCUT2D eigenvalue weighted by Gasteiger charge is 2.17. The van der Waals surface area contributed by atoms with Gasteiger partial charge in [0.15, 0.2) is 17.0 Å². The van der Waals surface area contributed by atoms with Crippen LogP contribution in [0.4, 0.5) is 5.69 Å². The van der Waals surface area contributed by atoms with Crippen molar-refractivity contribution >= 4 is 22.8 Å². The highest BCUT2D eigenvalue weighted by molar-refractivity contribution is 6.04. The Balaban J connectivity index is 1.51. The number of anilines is 1. The van der Waals surface area contributed by atoms with Gasteiger partial charge < -0.3 is 14.6 Å². The van der Waals surface area contributed by atoms with Crippen LogP contribution in [0.3, 0.4) is 0 Å². The minimum absolute atomic E-state index is 0.224. The molecule has 0 aliphatic carbocycles. The fraction of sp³-hybridized carbons (Fsp3) is 0.115. The van der Waals surface area contributed by atoms with Gasteiger partial charge in [-0.15, -0.1) is 0 Å². The molecule has 5 aromatic rings. The first-order valence-corrected chi connectivity index (χ1v) is 10.7. The van der Waals surface area contributed by atoms with Crippen molar-refractivity contribution in [1.82, 2.24) is 24.5 Å². The Labute approximate surface area is 196 Å². The first-order valence-electron chi connectivity index (χ1n) is 10.7. The number of imidazole rings is 1. The molecule has 0 aliphatic rings. The van der Waals surface area contributed by atoms with Crippen LogP contribution in [0, 0.1) is 13.8 Å². The van der Waals surface area contributed by atoms with Crippen LogP contribution in [0.2, 0.25) is 0 Å². The average molecular weight is 451 g/mol. The molecule has 8 nitrogen and oxygen atoms in total. The van der Waals surface area contributed by atoms with Crippen LogP contribution in [0.25, 0.3) is 22.6 Å². The Hall–Kier alpha value is -4.59. The fourth-order valence-electron chi connectivity index (χ4n) is 3.56. The summed E-state index contributed by atoms with van der Waals surface area (Å²) >= 11 is 0. The van der Waals surface area contributed by atoms with E-state index in [0.29, 0.717) is 34.2 Å². The second kappa shape index (κ2) is 8.74. The Morgan fingerprint density at radius 2 is 1.82 bits per heavy atom. The Morgan fingerprint density at radius 3 is 2.62 bits per heavy atom. The molecule has 0 bridgehead atoms. The van der Waals surface area contributed by atoms with E-state index in [9.17, 15) is 4.79 Å². The van der Waals surface area contributed by atoms with Gasteiger partial charge in [-0.05, 0) is 61.4 Å². The molecule has 0 radical (unpaired) electrons. The molecule has 3 heterocycles. The lowest BCUT2D eigenvalue weighted by atomic mass is 10.1. The van der Waals surface area contributed by atoms with Gasteiger partial charge in [0, 0.05) is 36.3 Å². The van der Waals surface area contributed by atoms with E-state index in [0.717, 1.165) is 22.4 Å². The number of pyridine rings is 1. The van der Waals surface area contributed by atoms with E-state index < -0.39 is 0 Å². The first-order chi connectivity index (χ1) is 16.5. The normalized spacial score (nSPS) is 10.9. The summed E-state index contributed by atoms with van der Waals surface area (Å²) in [6, 6.07) is 16.7. The van der Waals surface area contributed by atoms with Crippen molar-refractivity contribution in [2.45, 2.75) is 13.8 Å². The number of nitrogens with zero attached hydrogens (tertiary/aromatic N) is 5. The number of aryl methyl sites for hydroxylation is 3. The minimum Gasteiger partial charge on any atom is -0.437 e. The largest absolute Gasteiger partial charge is 0.437 e. The van der Waals surface area contributed by atoms with Crippen molar-refractivity contribution in [2.75, 3.05) is 5.32 Å². The molecule has 1 N–H and O–H groups in total. The number of benzene rings is 2. The fourth-order valence-corrected chi connectivity index (χ4v) is 3.56. The number of fused-ring (bicyclic) bond motifs is 1. The van der Waals surface area contributed by atoms with Gasteiger partial charge in [-0.25, -0.2) is 9.97 Å². The van der Waals surface area contributed by atoms with Crippen LogP contribution in [0.1, 0.15) is 21.5 Å². The quantitative estimate of drug-likeness (QED) is 0.401. The summed E-state index contributed by atoms with van der Waals surface area (Å²) < 4.78 is 8.05. The molecule has 34 heavy (non-hydrogen) atoms. The molecule has 0 atom stereocenters. The van der Waals surface area contributed by atoms with E-state index in [4.69, 9.17) is 4.74 Å². The molecule has 5 rings (SSSR count). The molecule has 8 heteroatoms. The number of ether oxygens (including phenoxy) is 1. The number of hydrogen-bond acceptors (Lipinski definition) is 6. The van der Waals surface area contributed by atoms with Gasteiger partial charge in [0.05, 0.1) is 6.33 Å². The molecule has 1 amide bonds. The third kappa shape index (κ3) is 4.21. The Bertz CT molecular complexity index is 1510. The van der Waals surface area contributed by atoms with Crippen LogP contribution in [-0.2, 0) is 7.05 Å². The number of carbonyl (C=O) groups is 1. The van der Waals surface area contributed by atoms with Crippen LogP contribution in [0.5, 0.6) is 11.6 Å². The summed E-state index contributed by atoms with van der Waals surface area (Å²) in [6.45, 7) is 3.89. The molecule has 0 saturated heterocycles. The number of hydrogen-bond donors (Lipinski definition) is 1. The second-order valence-electron chi connectivity index (χ2n) is 8.02. The van der Waals surface area contributed by atoms with Crippen molar-refractivity contribution in [1.29, 1.82) is 0 Å². The SMILES string of the molecule is Cc1cccc(NC(=O)c2ccc(C)c(Oc3nc(-c4ccncc4)nc4c3ncn4C)c2)c1. The summed E-state index contributed by atoms with van der Waals surface area (Å²) in [6.07, 6.45) is 5.04. The molecule has 0 saturated carbocycles. The number of carbonyl (C=O) groups excluding carboxylic acids is 1. The van der Waals surface area contributed by atoms with Crippen LogP contribution in [-0.4, -0.2) is 30.4 Å². The maximum atomic E-state index is 12.9. The van der Waals surface area contributed by atoms with Gasteiger partial charge in [0.25, 0.3) is 11.8 Å². The van der Waals surface area contributed by atoms with Crippen LogP contribution in [0.15, 0.2) is 73.3 Å². The second-order valence-corrected chi connectivity index (χ2v) is 8.02. The molecule has 0 unspecified atom stereocenters. The molecule has 168 valence electrons. The zero-order chi connectivity index (χ0) is 23.7. The number of nitrogens with one attached hydrogen (secondary N) is 1. The van der Waals surface area contributed by atoms with Crippen LogP contribution < -0.4 is 10.1 Å². The monoisotopic (exact) mass is 450 g/mol. The lowest BCUT2D eigenvalue weighted by Gasteiger charge is -2.12. The molecule has 0 aliphatic heterocycles. The third-order valence-corrected chi connectivity index (χ3v) is 5.40. The molecular weight excluding hydrogens is 428 g/mol. The molecular formula is C26H22N6O2. The minimum atomic E-state index is -0.224. The smallest absolute Gasteiger partial charge is 0.255 e. The van der Waals surface area contributed by atoms with E-state index in [1.54, 1.807) is 30.9 Å². The summed E-state index contributed by atoms with van der Waals surface area (Å²) in [4.78, 5) is 30.6. The van der Waals surface area contributed by atoms with Gasteiger partial charge in [0.2, 0.25) is 0 Å². The van der Waals surface area contributed by atoms with Gasteiger partial charge in [0.1, 0.15) is 5.75 Å². The first kappa shape index (κ1) is 21.3. The standard InChI is InChI=1S/C26H22N6O2/c1-16-5-4-6-20(13-16)29-25(33)19-8-7-17(2)21(14-19)34-26-22-24(32(3)15-28-22)30-23(31-26)18-9-11-27-12-10-18/h4-15H,1-3H3,(H,29,33). The topological polar surface area (TPSA) is 94.8 Å². The van der Waals surface area contributed by atoms with Crippen molar-refractivity contribution < 1.29 is 9.53 Å². The predicted molar refractivity (Wildman–Crippen MR) is 130 cm³/mol. The van der Waals surface area contributed by atoms with Gasteiger partial charge >= 0.3 is 0 Å². The van der Waals surface area contributed by atoms with E-state index in [1.165, 1.54) is 0 Å². The van der Waals surface area contributed by atoms with E-state index in [-0.39, 0.29) is 5.91 Å². The summed E-state index contributed by atoms with van der Waals surface area (Å²) in [7, 11) is 1.87. The summed E-state index contributed by atoms with van der Waals surface area (Å²) in [5.74, 6) is 1.11. The third-order valence-electron chi connectivity index (χ3n) is 5.40. The number of amides is 1. The number of aromatic nitrogens is 5. The lowest BCUT2D eigenvalue weighted by molar-refractivity contribution is 0.102. The zero-order valence-electron chi connectivity index (χ0n) is 19.0. The van der Waals surface area contributed by atoms with Crippen molar-refractivity contribution in [3.8, 4) is 23.0 Å². The zero-order valence-corrected chi connectivity index (χ0v) is 19.0. The Kier molecular flexibility index (Phi) is 5.47. The van der Waals surface area contributed by atoms with E-state index in [2.05, 4.69) is 25.3 Å². The molecule has 0 spiro atoms. The maximum absolute atomic E-state index is 12.9. The van der Waals surface area contributed by atoms with E-state index >= 15 is 0 Å². The number of rotatable bonds is 5. The van der Waals surface area contributed by atoms with Gasteiger partial charge in [-0.1, -0.05) is 18.2 Å². The van der Waals surface area contributed by atoms with Crippen molar-refractivity contribution in [2.24, 2.45) is 7.05 Å². The van der Waals surface area contributed by atoms with Crippen molar-refractivity contribution in [3.63, 3.8) is 0 Å². The van der Waals surface area contributed by atoms with Crippen molar-refractivity contribution in [3.05, 3.63) is 90.0 Å². The Morgan fingerprint density at radius 1 is 1.00 bits per heavy atom. The molecule has 2 aromatic carbocycles. The predicted octanol–water partition coefficient (Wildman–Crippen LogP) is 5.09. The molecule has 0 fully saturated rings. The highest BCUT2D eigenvalue weighted by atomic mass is 16.5. The van der Waals surface area contributed by atoms with Gasteiger partial charge in [-0.2, -0.15) is 4.98 Å². The lowest BCUT2D eigenvalue weighted by Crippen LogP contribution is -2.12. The van der Waals surface area contributed by atoms with E-state index in [1.807, 2.05) is 67.9 Å². The van der Waals surface area contributed by atoms with Crippen LogP contribution >= 0.6 is 0 Å². The van der Waals surface area contributed by atoms with Gasteiger partial charge in [-0.3, -0.25) is 9.78 Å². The summed E-state index contributed by atoms with van der Waals surface area (Å²) in [5.41, 5.74) is 5.13. The maximum Gasteiger partial charge on any atom is 0.255 e. The summed E-state index contributed by atoms with van der Waals surface area (Å²) in [5, 5.41) is 2.93. The average Bonchev–Trinajstić information content (AvgIpc) is 3.22. The molecule has 3 aromatic heterocycles. The highest BCUT2D eigenvalue weighted by Crippen LogP contribution is 2.31.